The third-order valence-corrected chi connectivity index (χ3v) is 5.34. The zero-order valence-electron chi connectivity index (χ0n) is 17.7. The molecular formula is C24H33NO3. The van der Waals surface area contributed by atoms with E-state index in [4.69, 9.17) is 4.74 Å². The van der Waals surface area contributed by atoms with Gasteiger partial charge in [0, 0.05) is 0 Å². The number of hydrogen-bond donors (Lipinski definition) is 2. The van der Waals surface area contributed by atoms with Crippen LogP contribution in [0.4, 0.5) is 0 Å². The van der Waals surface area contributed by atoms with Crippen LogP contribution >= 0.6 is 0 Å². The highest BCUT2D eigenvalue weighted by atomic mass is 16.5. The number of aryl methyl sites for hydroxylation is 2. The molecule has 2 rings (SSSR count). The van der Waals surface area contributed by atoms with Gasteiger partial charge in [0.2, 0.25) is 5.91 Å². The summed E-state index contributed by atoms with van der Waals surface area (Å²) in [6.45, 7) is 10.7. The van der Waals surface area contributed by atoms with Crippen molar-refractivity contribution in [2.75, 3.05) is 13.2 Å². The molecule has 152 valence electrons. The molecule has 0 unspecified atom stereocenters. The van der Waals surface area contributed by atoms with Gasteiger partial charge in [-0.15, -0.1) is 0 Å². The van der Waals surface area contributed by atoms with E-state index in [9.17, 15) is 9.90 Å². The van der Waals surface area contributed by atoms with Gasteiger partial charge in [0.05, 0.1) is 25.2 Å². The maximum atomic E-state index is 12.7. The summed E-state index contributed by atoms with van der Waals surface area (Å²) in [6, 6.07) is 13.2. The van der Waals surface area contributed by atoms with Crippen LogP contribution < -0.4 is 10.1 Å². The third-order valence-electron chi connectivity index (χ3n) is 5.34. The van der Waals surface area contributed by atoms with Crippen LogP contribution in [0, 0.1) is 19.8 Å². The first kappa shape index (κ1) is 22.0. The molecule has 0 aromatic heterocycles. The molecule has 0 bridgehead atoms. The number of rotatable bonds is 9. The van der Waals surface area contributed by atoms with Crippen molar-refractivity contribution >= 4 is 5.91 Å². The molecule has 0 heterocycles. The van der Waals surface area contributed by atoms with Crippen LogP contribution in [-0.4, -0.2) is 24.2 Å². The summed E-state index contributed by atoms with van der Waals surface area (Å²) in [5.41, 5.74) is 3.92. The number of carbonyl (C=O) groups excluding carboxylic acids is 1. The highest BCUT2D eigenvalue weighted by molar-refractivity contribution is 5.83. The van der Waals surface area contributed by atoms with Crippen molar-refractivity contribution in [3.8, 4) is 5.75 Å². The van der Waals surface area contributed by atoms with E-state index in [1.807, 2.05) is 63.2 Å². The fraction of sp³-hybridized carbons (Fsp3) is 0.458. The van der Waals surface area contributed by atoms with E-state index in [1.165, 1.54) is 0 Å². The number of aliphatic hydroxyl groups is 1. The van der Waals surface area contributed by atoms with Crippen molar-refractivity contribution in [2.45, 2.75) is 53.0 Å². The molecular weight excluding hydrogens is 350 g/mol. The number of benzene rings is 2. The van der Waals surface area contributed by atoms with E-state index in [0.717, 1.165) is 34.4 Å². The van der Waals surface area contributed by atoms with E-state index >= 15 is 0 Å². The van der Waals surface area contributed by atoms with Gasteiger partial charge < -0.3 is 15.2 Å². The molecule has 0 spiro atoms. The summed E-state index contributed by atoms with van der Waals surface area (Å²) in [5, 5.41) is 13.0. The van der Waals surface area contributed by atoms with Gasteiger partial charge in [0.15, 0.2) is 0 Å². The largest absolute Gasteiger partial charge is 0.493 e. The molecule has 0 aliphatic carbocycles. The second-order valence-electron chi connectivity index (χ2n) is 7.67. The zero-order valence-corrected chi connectivity index (χ0v) is 17.7. The molecule has 3 atom stereocenters. The van der Waals surface area contributed by atoms with Gasteiger partial charge in [-0.2, -0.15) is 0 Å². The van der Waals surface area contributed by atoms with E-state index in [1.54, 1.807) is 0 Å². The Hall–Kier alpha value is -2.33. The van der Waals surface area contributed by atoms with Crippen molar-refractivity contribution in [3.63, 3.8) is 0 Å². The topological polar surface area (TPSA) is 58.6 Å². The van der Waals surface area contributed by atoms with Crippen LogP contribution in [0.1, 0.15) is 61.4 Å². The predicted molar refractivity (Wildman–Crippen MR) is 114 cm³/mol. The summed E-state index contributed by atoms with van der Waals surface area (Å²) in [6.07, 6.45) is 1.08. The quantitative estimate of drug-likeness (QED) is 0.661. The molecule has 28 heavy (non-hydrogen) atoms. The maximum Gasteiger partial charge on any atom is 0.227 e. The molecule has 0 saturated heterocycles. The van der Waals surface area contributed by atoms with Crippen LogP contribution in [0.25, 0.3) is 0 Å². The second-order valence-corrected chi connectivity index (χ2v) is 7.67. The molecule has 0 fully saturated rings. The third kappa shape index (κ3) is 5.59. The van der Waals surface area contributed by atoms with Crippen molar-refractivity contribution in [1.29, 1.82) is 0 Å². The van der Waals surface area contributed by atoms with Crippen LogP contribution in [0.5, 0.6) is 5.75 Å². The van der Waals surface area contributed by atoms with Gasteiger partial charge in [0.1, 0.15) is 5.75 Å². The molecule has 4 nitrogen and oxygen atoms in total. The second kappa shape index (κ2) is 10.3. The highest BCUT2D eigenvalue weighted by Gasteiger charge is 2.22. The molecule has 2 aromatic carbocycles. The van der Waals surface area contributed by atoms with E-state index < -0.39 is 6.04 Å². The minimum Gasteiger partial charge on any atom is -0.493 e. The lowest BCUT2D eigenvalue weighted by Gasteiger charge is -2.24. The normalized spacial score (nSPS) is 14.2. The minimum absolute atomic E-state index is 0.0962. The number of aliphatic hydroxyl groups excluding tert-OH is 1. The average molecular weight is 384 g/mol. The van der Waals surface area contributed by atoms with Crippen molar-refractivity contribution in [1.82, 2.24) is 5.32 Å². The van der Waals surface area contributed by atoms with Gasteiger partial charge in [0.25, 0.3) is 0 Å². The lowest BCUT2D eigenvalue weighted by Crippen LogP contribution is -2.34. The standard InChI is InChI=1S/C24H33NO3/c1-6-16(2)15-28-21-12-17(3)23(18(4)13-21)22(14-26)25-24(27)19(5)20-10-8-7-9-11-20/h7-13,16,19,22,26H,6,14-15H2,1-5H3,(H,25,27)/t16-,19-,22-/m0/s1. The Morgan fingerprint density at radius 1 is 1.11 bits per heavy atom. The summed E-state index contributed by atoms with van der Waals surface area (Å²) in [4.78, 5) is 12.7. The van der Waals surface area contributed by atoms with Gasteiger partial charge in [-0.25, -0.2) is 0 Å². The van der Waals surface area contributed by atoms with Crippen LogP contribution in [0.2, 0.25) is 0 Å². The Balaban J connectivity index is 2.15. The molecule has 4 heteroatoms. The minimum atomic E-state index is -0.442. The van der Waals surface area contributed by atoms with Gasteiger partial charge in [-0.05, 0) is 61.1 Å². The first-order chi connectivity index (χ1) is 13.4. The van der Waals surface area contributed by atoms with Gasteiger partial charge in [-0.1, -0.05) is 50.6 Å². The van der Waals surface area contributed by atoms with Crippen molar-refractivity contribution in [2.24, 2.45) is 5.92 Å². The Morgan fingerprint density at radius 2 is 1.71 bits per heavy atom. The molecule has 0 aliphatic heterocycles. The SMILES string of the molecule is CC[C@H](C)COc1cc(C)c([C@H](CO)NC(=O)[C@@H](C)c2ccccc2)c(C)c1. The molecule has 0 saturated carbocycles. The first-order valence-corrected chi connectivity index (χ1v) is 10.1. The first-order valence-electron chi connectivity index (χ1n) is 10.1. The van der Waals surface area contributed by atoms with E-state index in [2.05, 4.69) is 19.2 Å². The summed E-state index contributed by atoms with van der Waals surface area (Å²) in [5.74, 6) is 0.958. The summed E-state index contributed by atoms with van der Waals surface area (Å²) >= 11 is 0. The van der Waals surface area contributed by atoms with Crippen LogP contribution in [0.3, 0.4) is 0 Å². The number of ether oxygens (including phenoxy) is 1. The Bertz CT molecular complexity index is 750. The molecule has 0 radical (unpaired) electrons. The van der Waals surface area contributed by atoms with Crippen molar-refractivity contribution < 1.29 is 14.6 Å². The van der Waals surface area contributed by atoms with E-state index in [0.29, 0.717) is 12.5 Å². The Morgan fingerprint density at radius 3 is 2.25 bits per heavy atom. The molecule has 2 N–H and O–H groups in total. The summed E-state index contributed by atoms with van der Waals surface area (Å²) in [7, 11) is 0. The Kier molecular flexibility index (Phi) is 8.06. The highest BCUT2D eigenvalue weighted by Crippen LogP contribution is 2.28. The maximum absolute atomic E-state index is 12.7. The Labute approximate surface area is 168 Å². The molecule has 1 amide bonds. The lowest BCUT2D eigenvalue weighted by atomic mass is 9.94. The predicted octanol–water partition coefficient (Wildman–Crippen LogP) is 4.68. The monoisotopic (exact) mass is 383 g/mol. The number of amides is 1. The van der Waals surface area contributed by atoms with Crippen molar-refractivity contribution in [3.05, 3.63) is 64.7 Å². The van der Waals surface area contributed by atoms with Crippen LogP contribution in [0.15, 0.2) is 42.5 Å². The van der Waals surface area contributed by atoms with Gasteiger partial charge in [-0.3, -0.25) is 4.79 Å². The molecule has 2 aromatic rings. The zero-order chi connectivity index (χ0) is 20.7. The number of carbonyl (C=O) groups is 1. The fourth-order valence-electron chi connectivity index (χ4n) is 3.32. The number of nitrogens with one attached hydrogen (secondary N) is 1. The van der Waals surface area contributed by atoms with Crippen LogP contribution in [-0.2, 0) is 4.79 Å². The summed E-state index contributed by atoms with van der Waals surface area (Å²) < 4.78 is 5.92. The fourth-order valence-corrected chi connectivity index (χ4v) is 3.32. The molecule has 0 aliphatic rings. The number of hydrogen-bond acceptors (Lipinski definition) is 3. The lowest BCUT2D eigenvalue weighted by molar-refractivity contribution is -0.123. The smallest absolute Gasteiger partial charge is 0.227 e. The average Bonchev–Trinajstić information content (AvgIpc) is 2.70. The van der Waals surface area contributed by atoms with Gasteiger partial charge >= 0.3 is 0 Å². The van der Waals surface area contributed by atoms with E-state index in [-0.39, 0.29) is 18.4 Å².